The predicted molar refractivity (Wildman–Crippen MR) is 264 cm³/mol. The van der Waals surface area contributed by atoms with Crippen LogP contribution in [-0.2, 0) is 0 Å². The first-order valence-electron chi connectivity index (χ1n) is 28.1. The first-order chi connectivity index (χ1) is 28.2. The number of hydrogen-bond donors (Lipinski definition) is 0. The van der Waals surface area contributed by atoms with Crippen LogP contribution in [0.1, 0.15) is 336 Å². The van der Waals surface area contributed by atoms with Gasteiger partial charge in [-0.15, -0.1) is 0 Å². The quantitative estimate of drug-likeness (QED) is 0.0424. The molecule has 1 nitrogen and oxygen atoms in total. The Morgan fingerprint density at radius 3 is 0.368 bits per heavy atom. The zero-order valence-corrected chi connectivity index (χ0v) is 41.2. The van der Waals surface area contributed by atoms with E-state index in [-0.39, 0.29) is 0 Å². The predicted octanol–water partition coefficient (Wildman–Crippen LogP) is 20.6. The van der Waals surface area contributed by atoms with Crippen LogP contribution in [0, 0.1) is 0 Å². The summed E-state index contributed by atoms with van der Waals surface area (Å²) in [5.41, 5.74) is 0. The van der Waals surface area contributed by atoms with Crippen molar-refractivity contribution in [3.05, 3.63) is 0 Å². The van der Waals surface area contributed by atoms with Crippen molar-refractivity contribution < 1.29 is 4.48 Å². The van der Waals surface area contributed by atoms with Crippen molar-refractivity contribution in [3.63, 3.8) is 0 Å². The van der Waals surface area contributed by atoms with E-state index in [2.05, 4.69) is 27.7 Å². The fourth-order valence-electron chi connectivity index (χ4n) is 9.82. The van der Waals surface area contributed by atoms with Crippen LogP contribution in [0.4, 0.5) is 0 Å². The number of hydrogen-bond acceptors (Lipinski definition) is 0. The molecule has 0 heterocycles. The minimum atomic E-state index is 1.37. The second-order valence-electron chi connectivity index (χ2n) is 19.8. The molecule has 0 aromatic heterocycles. The SMILES string of the molecule is CCCCCCCCCCCCCCC[N+](CCCCCCCCCCC)(CCCCCCCCCCCCCCC)CCCCCCCCCCCCCCC. The molecule has 0 radical (unpaired) electrons. The van der Waals surface area contributed by atoms with Gasteiger partial charge in [0.25, 0.3) is 0 Å². The lowest BCUT2D eigenvalue weighted by Gasteiger charge is -2.40. The maximum absolute atomic E-state index is 2.35. The molecular formula is C56H116N+. The topological polar surface area (TPSA) is 0 Å². The van der Waals surface area contributed by atoms with Gasteiger partial charge >= 0.3 is 0 Å². The van der Waals surface area contributed by atoms with E-state index < -0.39 is 0 Å². The summed E-state index contributed by atoms with van der Waals surface area (Å²) in [7, 11) is 0. The highest BCUT2D eigenvalue weighted by Gasteiger charge is 2.25. The lowest BCUT2D eigenvalue weighted by molar-refractivity contribution is -0.929. The maximum Gasteiger partial charge on any atom is 0.0786 e. The third-order valence-corrected chi connectivity index (χ3v) is 13.9. The van der Waals surface area contributed by atoms with Gasteiger partial charge in [0, 0.05) is 0 Å². The van der Waals surface area contributed by atoms with Crippen LogP contribution in [0.2, 0.25) is 0 Å². The minimum Gasteiger partial charge on any atom is -0.324 e. The van der Waals surface area contributed by atoms with Gasteiger partial charge in [0.05, 0.1) is 26.2 Å². The van der Waals surface area contributed by atoms with Crippen molar-refractivity contribution in [2.24, 2.45) is 0 Å². The lowest BCUT2D eigenvalue weighted by Crippen LogP contribution is -2.50. The Morgan fingerprint density at radius 2 is 0.246 bits per heavy atom. The van der Waals surface area contributed by atoms with E-state index in [4.69, 9.17) is 0 Å². The molecule has 0 bridgehead atoms. The van der Waals surface area contributed by atoms with Gasteiger partial charge in [0.1, 0.15) is 0 Å². The number of rotatable bonds is 52. The second kappa shape index (κ2) is 50.3. The monoisotopic (exact) mass is 803 g/mol. The van der Waals surface area contributed by atoms with E-state index in [9.17, 15) is 0 Å². The fraction of sp³-hybridized carbons (Fsp3) is 1.00. The second-order valence-corrected chi connectivity index (χ2v) is 19.8. The molecule has 344 valence electrons. The molecule has 1 heteroatoms. The molecule has 0 fully saturated rings. The maximum atomic E-state index is 2.35. The molecule has 0 saturated carbocycles. The molecule has 0 unspecified atom stereocenters. The number of nitrogens with zero attached hydrogens (tertiary/aromatic N) is 1. The van der Waals surface area contributed by atoms with Gasteiger partial charge in [-0.2, -0.15) is 0 Å². The smallest absolute Gasteiger partial charge is 0.0786 e. The third kappa shape index (κ3) is 45.3. The molecule has 0 rings (SSSR count). The largest absolute Gasteiger partial charge is 0.324 e. The summed E-state index contributed by atoms with van der Waals surface area (Å²) in [5.74, 6) is 0. The van der Waals surface area contributed by atoms with Crippen molar-refractivity contribution in [2.75, 3.05) is 26.2 Å². The molecular weight excluding hydrogens is 687 g/mol. The Morgan fingerprint density at radius 1 is 0.140 bits per heavy atom. The van der Waals surface area contributed by atoms with E-state index in [0.717, 1.165) is 0 Å². The van der Waals surface area contributed by atoms with E-state index in [1.807, 2.05) is 0 Å². The molecule has 0 N–H and O–H groups in total. The average molecular weight is 804 g/mol. The Balaban J connectivity index is 4.86. The van der Waals surface area contributed by atoms with E-state index in [0.29, 0.717) is 0 Å². The van der Waals surface area contributed by atoms with Gasteiger partial charge in [-0.25, -0.2) is 0 Å². The van der Waals surface area contributed by atoms with E-state index >= 15 is 0 Å². The summed E-state index contributed by atoms with van der Waals surface area (Å²) in [6, 6.07) is 0. The van der Waals surface area contributed by atoms with Gasteiger partial charge in [-0.1, -0.05) is 285 Å². The zero-order chi connectivity index (χ0) is 41.3. The van der Waals surface area contributed by atoms with Crippen molar-refractivity contribution in [3.8, 4) is 0 Å². The van der Waals surface area contributed by atoms with Crippen LogP contribution >= 0.6 is 0 Å². The molecule has 0 aliphatic rings. The Labute approximate surface area is 365 Å². The van der Waals surface area contributed by atoms with Gasteiger partial charge in [0.2, 0.25) is 0 Å². The van der Waals surface area contributed by atoms with Gasteiger partial charge in [0.15, 0.2) is 0 Å². The standard InChI is InChI=1S/C56H116N/c1-5-9-13-17-21-25-28-31-34-38-42-46-50-54-57(53-49-45-41-37-24-20-16-12-8-4,55-51-47-43-39-35-32-29-26-22-18-14-10-6-2)56-52-48-44-40-36-33-30-27-23-19-15-11-7-3/h5-56H2,1-4H3/q+1. The molecule has 57 heavy (non-hydrogen) atoms. The normalized spacial score (nSPS) is 12.0. The van der Waals surface area contributed by atoms with Crippen LogP contribution in [0.25, 0.3) is 0 Å². The third-order valence-electron chi connectivity index (χ3n) is 13.9. The molecule has 0 amide bonds. The van der Waals surface area contributed by atoms with Crippen LogP contribution in [-0.4, -0.2) is 30.7 Å². The highest BCUT2D eigenvalue weighted by Crippen LogP contribution is 2.22. The van der Waals surface area contributed by atoms with Crippen molar-refractivity contribution in [1.82, 2.24) is 0 Å². The van der Waals surface area contributed by atoms with Crippen LogP contribution in [0.3, 0.4) is 0 Å². The Kier molecular flexibility index (Phi) is 50.3. The molecule has 0 aromatic rings. The summed E-state index contributed by atoms with van der Waals surface area (Å²) in [5, 5.41) is 0. The van der Waals surface area contributed by atoms with Crippen molar-refractivity contribution in [2.45, 2.75) is 336 Å². The van der Waals surface area contributed by atoms with E-state index in [1.54, 1.807) is 0 Å². The lowest BCUT2D eigenvalue weighted by atomic mass is 10.0. The van der Waals surface area contributed by atoms with E-state index in [1.165, 1.54) is 339 Å². The fourth-order valence-corrected chi connectivity index (χ4v) is 9.82. The first-order valence-corrected chi connectivity index (χ1v) is 28.1. The molecule has 0 saturated heterocycles. The Hall–Kier alpha value is -0.0400. The highest BCUT2D eigenvalue weighted by atomic mass is 15.3. The first kappa shape index (κ1) is 57.0. The zero-order valence-electron chi connectivity index (χ0n) is 41.2. The number of unbranched alkanes of at least 4 members (excludes halogenated alkanes) is 44. The summed E-state index contributed by atoms with van der Waals surface area (Å²) >= 11 is 0. The van der Waals surface area contributed by atoms with Crippen LogP contribution < -0.4 is 0 Å². The summed E-state index contributed by atoms with van der Waals surface area (Å²) in [4.78, 5) is 0. The molecule has 0 aliphatic heterocycles. The van der Waals surface area contributed by atoms with Gasteiger partial charge in [-0.05, 0) is 51.4 Å². The van der Waals surface area contributed by atoms with Crippen LogP contribution in [0.5, 0.6) is 0 Å². The van der Waals surface area contributed by atoms with Crippen LogP contribution in [0.15, 0.2) is 0 Å². The minimum absolute atomic E-state index is 1.37. The van der Waals surface area contributed by atoms with Gasteiger partial charge in [-0.3, -0.25) is 0 Å². The average Bonchev–Trinajstić information content (AvgIpc) is 3.22. The molecule has 0 aliphatic carbocycles. The molecule has 0 spiro atoms. The summed E-state index contributed by atoms with van der Waals surface area (Å²) < 4.78 is 1.49. The number of quaternary nitrogens is 1. The molecule has 0 atom stereocenters. The van der Waals surface area contributed by atoms with Crippen molar-refractivity contribution >= 4 is 0 Å². The highest BCUT2D eigenvalue weighted by molar-refractivity contribution is 4.57. The van der Waals surface area contributed by atoms with Crippen molar-refractivity contribution in [1.29, 1.82) is 0 Å². The Bertz CT molecular complexity index is 611. The van der Waals surface area contributed by atoms with Gasteiger partial charge < -0.3 is 4.48 Å². The molecule has 0 aromatic carbocycles. The summed E-state index contributed by atoms with van der Waals surface area (Å²) in [6.07, 6.45) is 70.7. The summed E-state index contributed by atoms with van der Waals surface area (Å²) in [6.45, 7) is 15.3.